The largest absolute Gasteiger partial charge is 0.353 e. The normalized spacial score (nSPS) is 25.7. The van der Waals surface area contributed by atoms with Crippen LogP contribution in [0.15, 0.2) is 33.6 Å². The van der Waals surface area contributed by atoms with E-state index in [1.807, 2.05) is 11.8 Å². The molecule has 2 N–H and O–H groups in total. The van der Waals surface area contributed by atoms with Crippen LogP contribution in [0.25, 0.3) is 0 Å². The number of benzene rings is 1. The van der Waals surface area contributed by atoms with Crippen molar-refractivity contribution in [3.05, 3.63) is 28.7 Å². The highest BCUT2D eigenvalue weighted by atomic mass is 79.9. The van der Waals surface area contributed by atoms with Gasteiger partial charge in [0.15, 0.2) is 0 Å². The maximum absolute atomic E-state index is 12.1. The Morgan fingerprint density at radius 3 is 2.52 bits per heavy atom. The zero-order valence-corrected chi connectivity index (χ0v) is 16.3. The minimum atomic E-state index is 0. The van der Waals surface area contributed by atoms with Crippen LogP contribution in [0.4, 0.5) is 0 Å². The molecule has 2 aliphatic heterocycles. The van der Waals surface area contributed by atoms with Crippen molar-refractivity contribution in [3.8, 4) is 0 Å². The molecule has 23 heavy (non-hydrogen) atoms. The molecule has 0 aromatic heterocycles. The summed E-state index contributed by atoms with van der Waals surface area (Å²) in [5.74, 6) is 1.22. The summed E-state index contributed by atoms with van der Waals surface area (Å²) < 4.78 is 1.10. The fourth-order valence-corrected chi connectivity index (χ4v) is 4.55. The molecule has 2 bridgehead atoms. The highest BCUT2D eigenvalue weighted by Gasteiger charge is 2.33. The van der Waals surface area contributed by atoms with Gasteiger partial charge in [0, 0.05) is 33.9 Å². The lowest BCUT2D eigenvalue weighted by molar-refractivity contribution is -0.122. The molecule has 0 radical (unpaired) electrons. The van der Waals surface area contributed by atoms with Crippen molar-refractivity contribution in [3.63, 3.8) is 0 Å². The molecular weight excluding hydrogens is 396 g/mol. The second kappa shape index (κ2) is 9.30. The standard InChI is InChI=1S/C17H23BrN2OS.ClH/c18-12-3-7-16(8-4-12)22-9-1-2-17(21)20-15-10-13-5-6-14(11-15)19-13;/h3-4,7-8,13-15,19H,1-2,5-6,9-11H2,(H,20,21);1H. The van der Waals surface area contributed by atoms with Crippen molar-refractivity contribution in [1.29, 1.82) is 0 Å². The average Bonchev–Trinajstić information content (AvgIpc) is 2.84. The summed E-state index contributed by atoms with van der Waals surface area (Å²) in [6.45, 7) is 0. The van der Waals surface area contributed by atoms with E-state index in [2.05, 4.69) is 50.8 Å². The summed E-state index contributed by atoms with van der Waals surface area (Å²) >= 11 is 5.26. The molecular formula is C17H24BrClN2OS. The third kappa shape index (κ3) is 5.96. The van der Waals surface area contributed by atoms with Gasteiger partial charge in [-0.3, -0.25) is 4.79 Å². The molecule has 0 saturated carbocycles. The Kier molecular flexibility index (Phi) is 7.73. The fourth-order valence-electron chi connectivity index (χ4n) is 3.43. The molecule has 1 amide bonds. The zero-order valence-electron chi connectivity index (χ0n) is 13.1. The highest BCUT2D eigenvalue weighted by Crippen LogP contribution is 2.27. The van der Waals surface area contributed by atoms with Crippen LogP contribution in [0, 0.1) is 0 Å². The third-order valence-electron chi connectivity index (χ3n) is 4.47. The van der Waals surface area contributed by atoms with Gasteiger partial charge in [0.05, 0.1) is 0 Å². The smallest absolute Gasteiger partial charge is 0.220 e. The van der Waals surface area contributed by atoms with E-state index in [4.69, 9.17) is 0 Å². The Labute approximate surface area is 157 Å². The summed E-state index contributed by atoms with van der Waals surface area (Å²) in [6.07, 6.45) is 6.35. The SMILES string of the molecule is Cl.O=C(CCCSc1ccc(Br)cc1)NC1CC2CCC(C1)N2. The number of hydrogen-bond acceptors (Lipinski definition) is 3. The molecule has 2 fully saturated rings. The van der Waals surface area contributed by atoms with Crippen LogP contribution in [0.1, 0.15) is 38.5 Å². The Morgan fingerprint density at radius 1 is 1.22 bits per heavy atom. The first-order valence-electron chi connectivity index (χ1n) is 8.13. The van der Waals surface area contributed by atoms with Crippen molar-refractivity contribution in [1.82, 2.24) is 10.6 Å². The fraction of sp³-hybridized carbons (Fsp3) is 0.588. The molecule has 2 unspecified atom stereocenters. The maximum Gasteiger partial charge on any atom is 0.220 e. The van der Waals surface area contributed by atoms with E-state index in [9.17, 15) is 4.79 Å². The van der Waals surface area contributed by atoms with Gasteiger partial charge in [0.2, 0.25) is 5.91 Å². The first kappa shape index (κ1) is 19.1. The van der Waals surface area contributed by atoms with E-state index in [1.54, 1.807) is 0 Å². The average molecular weight is 420 g/mol. The van der Waals surface area contributed by atoms with Gasteiger partial charge in [-0.1, -0.05) is 15.9 Å². The summed E-state index contributed by atoms with van der Waals surface area (Å²) in [5, 5.41) is 6.84. The lowest BCUT2D eigenvalue weighted by Crippen LogP contribution is -2.48. The van der Waals surface area contributed by atoms with Crippen molar-refractivity contribution < 1.29 is 4.79 Å². The van der Waals surface area contributed by atoms with E-state index < -0.39 is 0 Å². The van der Waals surface area contributed by atoms with Gasteiger partial charge in [-0.25, -0.2) is 0 Å². The zero-order chi connectivity index (χ0) is 15.4. The molecule has 2 heterocycles. The molecule has 3 nitrogen and oxygen atoms in total. The number of carbonyl (C=O) groups excluding carboxylic acids is 1. The number of carbonyl (C=O) groups is 1. The Hall–Kier alpha value is -0.230. The predicted molar refractivity (Wildman–Crippen MR) is 102 cm³/mol. The van der Waals surface area contributed by atoms with Crippen LogP contribution in [-0.2, 0) is 4.79 Å². The Bertz CT molecular complexity index is 502. The van der Waals surface area contributed by atoms with Gasteiger partial charge < -0.3 is 10.6 Å². The van der Waals surface area contributed by atoms with E-state index in [0.29, 0.717) is 24.5 Å². The van der Waals surface area contributed by atoms with Crippen molar-refractivity contribution in [2.45, 2.75) is 61.5 Å². The topological polar surface area (TPSA) is 41.1 Å². The van der Waals surface area contributed by atoms with Crippen LogP contribution in [0.2, 0.25) is 0 Å². The molecule has 2 aliphatic rings. The lowest BCUT2D eigenvalue weighted by Gasteiger charge is -2.29. The third-order valence-corrected chi connectivity index (χ3v) is 6.10. The lowest BCUT2D eigenvalue weighted by atomic mass is 10.00. The van der Waals surface area contributed by atoms with Crippen molar-refractivity contribution in [2.75, 3.05) is 5.75 Å². The second-order valence-electron chi connectivity index (χ2n) is 6.28. The van der Waals surface area contributed by atoms with E-state index in [0.717, 1.165) is 29.5 Å². The van der Waals surface area contributed by atoms with Crippen LogP contribution in [-0.4, -0.2) is 29.8 Å². The van der Waals surface area contributed by atoms with Crippen LogP contribution < -0.4 is 10.6 Å². The molecule has 3 rings (SSSR count). The number of halogens is 2. The quantitative estimate of drug-likeness (QED) is 0.538. The number of thioether (sulfide) groups is 1. The van der Waals surface area contributed by atoms with Crippen LogP contribution in [0.5, 0.6) is 0 Å². The summed E-state index contributed by atoms with van der Waals surface area (Å²) in [4.78, 5) is 13.3. The highest BCUT2D eigenvalue weighted by molar-refractivity contribution is 9.10. The van der Waals surface area contributed by atoms with Gasteiger partial charge >= 0.3 is 0 Å². The molecule has 2 atom stereocenters. The number of fused-ring (bicyclic) bond motifs is 2. The number of nitrogens with one attached hydrogen (secondary N) is 2. The van der Waals surface area contributed by atoms with Crippen molar-refractivity contribution in [2.24, 2.45) is 0 Å². The molecule has 6 heteroatoms. The van der Waals surface area contributed by atoms with Crippen LogP contribution in [0.3, 0.4) is 0 Å². The molecule has 1 aromatic rings. The number of rotatable bonds is 6. The molecule has 0 spiro atoms. The number of piperidine rings is 1. The van der Waals surface area contributed by atoms with E-state index in [1.165, 1.54) is 17.7 Å². The molecule has 1 aromatic carbocycles. The molecule has 2 saturated heterocycles. The van der Waals surface area contributed by atoms with E-state index >= 15 is 0 Å². The summed E-state index contributed by atoms with van der Waals surface area (Å²) in [6, 6.07) is 10.00. The predicted octanol–water partition coefficient (Wildman–Crippen LogP) is 4.14. The van der Waals surface area contributed by atoms with Crippen molar-refractivity contribution >= 4 is 46.0 Å². The monoisotopic (exact) mass is 418 g/mol. The van der Waals surface area contributed by atoms with E-state index in [-0.39, 0.29) is 18.3 Å². The minimum absolute atomic E-state index is 0. The summed E-state index contributed by atoms with van der Waals surface area (Å²) in [5.41, 5.74) is 0. The number of amides is 1. The second-order valence-corrected chi connectivity index (χ2v) is 8.36. The number of hydrogen-bond donors (Lipinski definition) is 2. The van der Waals surface area contributed by atoms with Crippen LogP contribution >= 0.6 is 40.1 Å². The van der Waals surface area contributed by atoms with Gasteiger partial charge in [-0.2, -0.15) is 0 Å². The maximum atomic E-state index is 12.1. The van der Waals surface area contributed by atoms with Gasteiger partial charge in [-0.15, -0.1) is 24.2 Å². The summed E-state index contributed by atoms with van der Waals surface area (Å²) in [7, 11) is 0. The Morgan fingerprint density at radius 2 is 1.87 bits per heavy atom. The first-order chi connectivity index (χ1) is 10.7. The first-order valence-corrected chi connectivity index (χ1v) is 9.90. The van der Waals surface area contributed by atoms with Gasteiger partial charge in [0.1, 0.15) is 0 Å². The Balaban J connectivity index is 0.00000192. The minimum Gasteiger partial charge on any atom is -0.353 e. The molecule has 128 valence electrons. The van der Waals surface area contributed by atoms with Gasteiger partial charge in [0.25, 0.3) is 0 Å². The van der Waals surface area contributed by atoms with Gasteiger partial charge in [-0.05, 0) is 62.1 Å². The molecule has 0 aliphatic carbocycles.